The van der Waals surface area contributed by atoms with E-state index in [1.807, 2.05) is 45.0 Å². The van der Waals surface area contributed by atoms with Gasteiger partial charge in [-0.15, -0.1) is 11.3 Å². The summed E-state index contributed by atoms with van der Waals surface area (Å²) in [7, 11) is 2.48. The number of hydrogen-bond acceptors (Lipinski definition) is 8. The molecule has 11 heteroatoms. The average Bonchev–Trinajstić information content (AvgIpc) is 3.27. The van der Waals surface area contributed by atoms with Gasteiger partial charge in [-0.1, -0.05) is 52.0 Å². The lowest BCUT2D eigenvalue weighted by atomic mass is 9.80. The average molecular weight is 609 g/mol. The van der Waals surface area contributed by atoms with E-state index in [2.05, 4.69) is 30.0 Å². The Morgan fingerprint density at radius 2 is 1.63 bits per heavy atom. The Morgan fingerprint density at radius 3 is 2.10 bits per heavy atom. The van der Waals surface area contributed by atoms with Gasteiger partial charge in [0, 0.05) is 28.9 Å². The summed E-state index contributed by atoms with van der Waals surface area (Å²) in [4.78, 5) is 39.0. The number of thiophene rings is 1. The van der Waals surface area contributed by atoms with Crippen molar-refractivity contribution in [2.45, 2.75) is 85.4 Å². The third kappa shape index (κ3) is 8.47. The van der Waals surface area contributed by atoms with E-state index in [9.17, 15) is 23.1 Å². The Morgan fingerprint density at radius 1 is 1.02 bits per heavy atom. The molecule has 228 valence electrons. The number of nitrogens with zero attached hydrogens (tertiary/aromatic N) is 1. The van der Waals surface area contributed by atoms with Crippen molar-refractivity contribution in [3.63, 3.8) is 0 Å². The molecule has 2 aromatic rings. The van der Waals surface area contributed by atoms with E-state index >= 15 is 0 Å². The zero-order valence-corrected chi connectivity index (χ0v) is 27.2. The van der Waals surface area contributed by atoms with Crippen LogP contribution >= 0.6 is 11.3 Å². The lowest BCUT2D eigenvalue weighted by Gasteiger charge is -2.34. The van der Waals surface area contributed by atoms with Crippen molar-refractivity contribution in [3.05, 3.63) is 40.8 Å². The van der Waals surface area contributed by atoms with Gasteiger partial charge in [-0.05, 0) is 56.2 Å². The number of nitrogens with one attached hydrogen (secondary N) is 1. The maximum atomic E-state index is 13.3. The van der Waals surface area contributed by atoms with Crippen molar-refractivity contribution in [2.24, 2.45) is 11.8 Å². The monoisotopic (exact) mass is 608 g/mol. The maximum absolute atomic E-state index is 13.3. The third-order valence-electron chi connectivity index (χ3n) is 6.76. The molecule has 0 spiro atoms. The minimum absolute atomic E-state index is 0.136. The number of carbonyl (C=O) groups excluding carboxylic acids is 3. The van der Waals surface area contributed by atoms with Crippen LogP contribution in [0, 0.1) is 11.8 Å². The summed E-state index contributed by atoms with van der Waals surface area (Å²) < 4.78 is 33.8. The quantitative estimate of drug-likeness (QED) is 0.163. The summed E-state index contributed by atoms with van der Waals surface area (Å²) in [6, 6.07) is 9.73. The van der Waals surface area contributed by atoms with Gasteiger partial charge in [-0.3, -0.25) is 23.8 Å². The summed E-state index contributed by atoms with van der Waals surface area (Å²) in [5.74, 6) is -1.71. The Hall–Kier alpha value is -2.60. The lowest BCUT2D eigenvalue weighted by molar-refractivity contribution is -0.157. The van der Waals surface area contributed by atoms with Gasteiger partial charge in [-0.25, -0.2) is 9.00 Å². The second-order valence-electron chi connectivity index (χ2n) is 11.7. The standard InChI is InChI=1S/C30H44N2O7S2/c1-19(2)16-23-17-24(27(40-23)32(41(36)37)29(5,6)7)22-12-10-21(11-13-22)18-31-30(20(3)4,28(35)39-9)25(33)14-15-26(34)38-8/h10-13,17,19-20,31H,14-16,18H2,1-9H3,(H,36,37). The molecule has 0 saturated carbocycles. The molecule has 1 aromatic heterocycles. The molecule has 2 N–H and O–H groups in total. The highest BCUT2D eigenvalue weighted by molar-refractivity contribution is 7.81. The van der Waals surface area contributed by atoms with Crippen molar-refractivity contribution in [3.8, 4) is 11.1 Å². The van der Waals surface area contributed by atoms with Gasteiger partial charge in [0.05, 0.1) is 20.6 Å². The number of esters is 2. The summed E-state index contributed by atoms with van der Waals surface area (Å²) >= 11 is -0.693. The molecular weight excluding hydrogens is 564 g/mol. The van der Waals surface area contributed by atoms with Gasteiger partial charge in [0.25, 0.3) is 11.3 Å². The molecule has 2 rings (SSSR count). The molecule has 2 unspecified atom stereocenters. The Labute approximate surface area is 250 Å². The number of hydrogen-bond donors (Lipinski definition) is 2. The van der Waals surface area contributed by atoms with Crippen molar-refractivity contribution < 1.29 is 32.6 Å². The van der Waals surface area contributed by atoms with Gasteiger partial charge in [0.1, 0.15) is 5.00 Å². The van der Waals surface area contributed by atoms with Gasteiger partial charge < -0.3 is 9.47 Å². The fourth-order valence-corrected chi connectivity index (χ4v) is 7.16. The van der Waals surface area contributed by atoms with Gasteiger partial charge in [-0.2, -0.15) is 0 Å². The second kappa shape index (κ2) is 14.5. The van der Waals surface area contributed by atoms with Crippen LogP contribution in [-0.2, 0) is 48.1 Å². The smallest absolute Gasteiger partial charge is 0.334 e. The van der Waals surface area contributed by atoms with Crippen LogP contribution < -0.4 is 9.62 Å². The first-order valence-electron chi connectivity index (χ1n) is 13.6. The number of methoxy groups -OCH3 is 2. The number of rotatable bonds is 14. The summed E-state index contributed by atoms with van der Waals surface area (Å²) in [6.45, 7) is 13.7. The van der Waals surface area contributed by atoms with Crippen molar-refractivity contribution >= 4 is 45.3 Å². The molecule has 0 fully saturated rings. The highest BCUT2D eigenvalue weighted by atomic mass is 32.2. The predicted octanol–water partition coefficient (Wildman–Crippen LogP) is 5.53. The number of Topliss-reactive ketones (excluding diaryl/α,β-unsaturated/α-hetero) is 1. The molecular formula is C30H44N2O7S2. The van der Waals surface area contributed by atoms with Crippen LogP contribution in [0.15, 0.2) is 30.3 Å². The van der Waals surface area contributed by atoms with E-state index in [4.69, 9.17) is 4.74 Å². The molecule has 0 aliphatic rings. The van der Waals surface area contributed by atoms with E-state index in [1.54, 1.807) is 13.8 Å². The zero-order chi connectivity index (χ0) is 31.1. The van der Waals surface area contributed by atoms with Crippen LogP contribution in [0.2, 0.25) is 0 Å². The zero-order valence-electron chi connectivity index (χ0n) is 25.5. The number of carbonyl (C=O) groups is 3. The number of ether oxygens (including phenoxy) is 2. The minimum atomic E-state index is -2.22. The van der Waals surface area contributed by atoms with Crippen LogP contribution in [0.25, 0.3) is 11.1 Å². The topological polar surface area (TPSA) is 122 Å². The fourth-order valence-electron chi connectivity index (χ4n) is 4.67. The molecule has 0 saturated heterocycles. The number of anilines is 1. The molecule has 2 atom stereocenters. The van der Waals surface area contributed by atoms with Crippen LogP contribution in [-0.4, -0.2) is 51.8 Å². The molecule has 0 amide bonds. The summed E-state index contributed by atoms with van der Waals surface area (Å²) in [5, 5.41) is 3.86. The van der Waals surface area contributed by atoms with Gasteiger partial charge in [0.15, 0.2) is 11.3 Å². The Balaban J connectivity index is 2.43. The first kappa shape index (κ1) is 34.6. The van der Waals surface area contributed by atoms with Crippen LogP contribution in [0.5, 0.6) is 0 Å². The van der Waals surface area contributed by atoms with Gasteiger partial charge >= 0.3 is 11.9 Å². The molecule has 1 heterocycles. The third-order valence-corrected chi connectivity index (χ3v) is 9.06. The summed E-state index contributed by atoms with van der Waals surface area (Å²) in [5.41, 5.74) is 0.346. The molecule has 1 aromatic carbocycles. The van der Waals surface area contributed by atoms with E-state index in [0.29, 0.717) is 5.92 Å². The summed E-state index contributed by atoms with van der Waals surface area (Å²) in [6.07, 6.45) is 0.551. The molecule has 0 aliphatic carbocycles. The molecule has 9 nitrogen and oxygen atoms in total. The van der Waals surface area contributed by atoms with Crippen molar-refractivity contribution in [2.75, 3.05) is 18.5 Å². The van der Waals surface area contributed by atoms with Crippen molar-refractivity contribution in [1.82, 2.24) is 5.32 Å². The second-order valence-corrected chi connectivity index (χ2v) is 13.7. The SMILES string of the molecule is COC(=O)CCC(=O)C(NCc1ccc(-c2cc(CC(C)C)sc2N(S(=O)O)C(C)(C)C)cc1)(C(=O)OC)C(C)C. The van der Waals surface area contributed by atoms with Crippen LogP contribution in [0.3, 0.4) is 0 Å². The van der Waals surface area contributed by atoms with Crippen molar-refractivity contribution in [1.29, 1.82) is 0 Å². The van der Waals surface area contributed by atoms with Gasteiger partial charge in [0.2, 0.25) is 0 Å². The Kier molecular flexibility index (Phi) is 12.3. The van der Waals surface area contributed by atoms with Crippen LogP contribution in [0.1, 0.15) is 71.7 Å². The molecule has 41 heavy (non-hydrogen) atoms. The van der Waals surface area contributed by atoms with E-state index in [0.717, 1.165) is 33.0 Å². The molecule has 0 aliphatic heterocycles. The van der Waals surface area contributed by atoms with Crippen LogP contribution in [0.4, 0.5) is 5.00 Å². The molecule has 0 radical (unpaired) electrons. The highest BCUT2D eigenvalue weighted by Gasteiger charge is 2.49. The number of ketones is 1. The molecule has 0 bridgehead atoms. The number of benzene rings is 1. The van der Waals surface area contributed by atoms with E-state index in [-0.39, 0.29) is 19.4 Å². The normalized spacial score (nSPS) is 14.0. The highest BCUT2D eigenvalue weighted by Crippen LogP contribution is 2.43. The largest absolute Gasteiger partial charge is 0.469 e. The Bertz CT molecular complexity index is 1230. The first-order chi connectivity index (χ1) is 19.1. The predicted molar refractivity (Wildman–Crippen MR) is 164 cm³/mol. The van der Waals surface area contributed by atoms with E-state index < -0.39 is 46.0 Å². The first-order valence-corrected chi connectivity index (χ1v) is 15.5. The fraction of sp³-hybridized carbons (Fsp3) is 0.567. The lowest BCUT2D eigenvalue weighted by Crippen LogP contribution is -2.62. The maximum Gasteiger partial charge on any atom is 0.334 e. The van der Waals surface area contributed by atoms with E-state index in [1.165, 1.54) is 29.9 Å². The minimum Gasteiger partial charge on any atom is -0.469 e.